The van der Waals surface area contributed by atoms with Crippen LogP contribution in [0.15, 0.2) is 81.8 Å². The van der Waals surface area contributed by atoms with Crippen molar-refractivity contribution in [2.75, 3.05) is 36.1 Å². The smallest absolute Gasteiger partial charge is 0.262 e. The molecule has 1 saturated heterocycles. The van der Waals surface area contributed by atoms with E-state index in [0.717, 1.165) is 25.9 Å². The molecule has 0 spiro atoms. The summed E-state index contributed by atoms with van der Waals surface area (Å²) in [6.45, 7) is 3.58. The molecule has 3 aromatic rings. The minimum Gasteiger partial charge on any atom is -0.506 e. The maximum Gasteiger partial charge on any atom is 0.262 e. The molecule has 0 unspecified atom stereocenters. The van der Waals surface area contributed by atoms with Crippen molar-refractivity contribution in [3.8, 4) is 0 Å². The summed E-state index contributed by atoms with van der Waals surface area (Å²) in [7, 11) is 1.58. The average Bonchev–Trinajstić information content (AvgIpc) is 2.96. The number of benzene rings is 2. The highest BCUT2D eigenvalue weighted by Crippen LogP contribution is 2.40. The summed E-state index contributed by atoms with van der Waals surface area (Å²) in [5, 5.41) is 15.0. The van der Waals surface area contributed by atoms with E-state index in [9.17, 15) is 14.7 Å². The molecule has 1 aromatic heterocycles. The summed E-state index contributed by atoms with van der Waals surface area (Å²) in [5.41, 5.74) is 13.1. The summed E-state index contributed by atoms with van der Waals surface area (Å²) < 4.78 is 0. The molecule has 13 heteroatoms. The van der Waals surface area contributed by atoms with E-state index in [1.54, 1.807) is 61.7 Å². The molecule has 3 heterocycles. The zero-order valence-corrected chi connectivity index (χ0v) is 25.7. The van der Waals surface area contributed by atoms with Crippen molar-refractivity contribution in [1.82, 2.24) is 14.9 Å². The molecule has 6 N–H and O–H groups in total. The van der Waals surface area contributed by atoms with Crippen LogP contribution >= 0.6 is 35.0 Å². The Kier molecular flexibility index (Phi) is 8.73. The molecule has 0 saturated carbocycles. The number of halogens is 2. The van der Waals surface area contributed by atoms with Crippen LogP contribution in [0.2, 0.25) is 10.0 Å². The number of rotatable bonds is 6. The number of hydrogen-bond donors (Lipinski definition) is 4. The SMILES string of the molecule is CN1C=C(c2cccc(Cl)c2)C(O)=C(C(=O)Nc2cccc(Sc3ncc(N4CCC(C)(N)CC4)nc3N)c2Cl)C1=C=O. The van der Waals surface area contributed by atoms with E-state index in [1.165, 1.54) is 22.9 Å². The van der Waals surface area contributed by atoms with Gasteiger partial charge in [-0.2, -0.15) is 0 Å². The quantitative estimate of drug-likeness (QED) is 0.263. The molecule has 5 rings (SSSR count). The number of aromatic nitrogens is 2. The first-order chi connectivity index (χ1) is 20.5. The molecule has 0 bridgehead atoms. The fourth-order valence-electron chi connectivity index (χ4n) is 4.78. The number of piperidine rings is 1. The predicted octanol–water partition coefficient (Wildman–Crippen LogP) is 5.29. The van der Waals surface area contributed by atoms with Crippen LogP contribution < -0.4 is 21.7 Å². The number of aliphatic hydroxyl groups excluding tert-OH is 1. The van der Waals surface area contributed by atoms with Gasteiger partial charge in [0.2, 0.25) is 0 Å². The number of nitrogens with zero attached hydrogens (tertiary/aromatic N) is 4. The Hall–Kier alpha value is -3.99. The second kappa shape index (κ2) is 12.3. The molecule has 0 atom stereocenters. The Morgan fingerprint density at radius 3 is 2.58 bits per heavy atom. The van der Waals surface area contributed by atoms with Gasteiger partial charge in [0.25, 0.3) is 5.91 Å². The van der Waals surface area contributed by atoms with Crippen LogP contribution in [0.3, 0.4) is 0 Å². The van der Waals surface area contributed by atoms with Crippen molar-refractivity contribution in [3.63, 3.8) is 0 Å². The lowest BCUT2D eigenvalue weighted by atomic mass is 9.91. The predicted molar refractivity (Wildman–Crippen MR) is 171 cm³/mol. The lowest BCUT2D eigenvalue weighted by Crippen LogP contribution is -2.48. The maximum atomic E-state index is 13.5. The third-order valence-corrected chi connectivity index (χ3v) is 9.09. The average molecular weight is 639 g/mol. The molecule has 222 valence electrons. The molecule has 2 aliphatic heterocycles. The van der Waals surface area contributed by atoms with Crippen LogP contribution in [-0.4, -0.2) is 57.5 Å². The van der Waals surface area contributed by atoms with E-state index in [2.05, 4.69) is 20.2 Å². The molecular formula is C30H29Cl2N7O3S. The third-order valence-electron chi connectivity index (χ3n) is 7.26. The number of likely N-dealkylation sites (N-methyl/N-ethyl adjacent to an activating group) is 1. The number of hydrogen-bond acceptors (Lipinski definition) is 10. The number of nitrogens with two attached hydrogens (primary N) is 2. The van der Waals surface area contributed by atoms with Gasteiger partial charge in [-0.25, -0.2) is 14.8 Å². The van der Waals surface area contributed by atoms with Gasteiger partial charge in [0.1, 0.15) is 27.9 Å². The summed E-state index contributed by atoms with van der Waals surface area (Å²) in [5.74, 6) is 1.53. The molecule has 1 fully saturated rings. The summed E-state index contributed by atoms with van der Waals surface area (Å²) >= 11 is 14.0. The van der Waals surface area contributed by atoms with Crippen molar-refractivity contribution in [2.45, 2.75) is 35.2 Å². The highest BCUT2D eigenvalue weighted by molar-refractivity contribution is 7.99. The molecule has 10 nitrogen and oxygen atoms in total. The molecule has 0 radical (unpaired) electrons. The van der Waals surface area contributed by atoms with Gasteiger partial charge in [0.15, 0.2) is 11.8 Å². The second-order valence-corrected chi connectivity index (χ2v) is 12.4. The topological polar surface area (TPSA) is 151 Å². The second-order valence-electron chi connectivity index (χ2n) is 10.6. The normalized spacial score (nSPS) is 16.6. The molecule has 2 aliphatic rings. The van der Waals surface area contributed by atoms with Gasteiger partial charge in [-0.15, -0.1) is 0 Å². The highest BCUT2D eigenvalue weighted by Gasteiger charge is 2.31. The minimum absolute atomic E-state index is 0.143. The fraction of sp³-hybridized carbons (Fsp3) is 0.233. The minimum atomic E-state index is -0.752. The maximum absolute atomic E-state index is 13.5. The van der Waals surface area contributed by atoms with E-state index in [1.807, 2.05) is 6.92 Å². The van der Waals surface area contributed by atoms with Crippen molar-refractivity contribution < 1.29 is 14.7 Å². The van der Waals surface area contributed by atoms with Crippen molar-refractivity contribution in [3.05, 3.63) is 87.5 Å². The van der Waals surface area contributed by atoms with Gasteiger partial charge >= 0.3 is 0 Å². The highest BCUT2D eigenvalue weighted by atomic mass is 35.5. The Morgan fingerprint density at radius 1 is 1.19 bits per heavy atom. The van der Waals surface area contributed by atoms with Crippen molar-refractivity contribution in [2.24, 2.45) is 5.73 Å². The number of carbonyl (C=O) groups excluding carboxylic acids is 2. The number of anilines is 3. The first-order valence-corrected chi connectivity index (χ1v) is 14.9. The monoisotopic (exact) mass is 637 g/mol. The zero-order chi connectivity index (χ0) is 30.9. The van der Waals surface area contributed by atoms with Crippen LogP contribution in [0.25, 0.3) is 5.57 Å². The Morgan fingerprint density at radius 2 is 1.91 bits per heavy atom. The van der Waals surface area contributed by atoms with Crippen LogP contribution in [-0.2, 0) is 9.59 Å². The lowest BCUT2D eigenvalue weighted by Gasteiger charge is -2.37. The lowest BCUT2D eigenvalue weighted by molar-refractivity contribution is -0.112. The zero-order valence-electron chi connectivity index (χ0n) is 23.4. The largest absolute Gasteiger partial charge is 0.506 e. The molecule has 1 amide bonds. The number of carbonyl (C=O) groups is 1. The molecular weight excluding hydrogens is 609 g/mol. The molecule has 0 aliphatic carbocycles. The van der Waals surface area contributed by atoms with Crippen molar-refractivity contribution in [1.29, 1.82) is 0 Å². The standard InChI is InChI=1S/C30H29Cl2N7O3S/c1-30(34)9-11-39(12-10-30)23-14-35-29(27(33)37-23)43-22-8-4-7-20(25(22)32)36-28(42)24-21(16-40)38(2)15-19(26(24)41)17-5-3-6-18(31)13-17/h3-8,13-15,41H,9-12,34H2,1-2H3,(H2,33,37)(H,36,42). The van der Waals surface area contributed by atoms with E-state index >= 15 is 0 Å². The number of allylic oxidation sites excluding steroid dienone is 1. The summed E-state index contributed by atoms with van der Waals surface area (Å²) in [6.07, 6.45) is 4.88. The van der Waals surface area contributed by atoms with Crippen LogP contribution in [0.5, 0.6) is 0 Å². The Bertz CT molecular complexity index is 1710. The van der Waals surface area contributed by atoms with Gasteiger partial charge in [0, 0.05) is 47.4 Å². The number of nitrogen functional groups attached to an aromatic ring is 1. The number of nitrogens with one attached hydrogen (secondary N) is 1. The van der Waals surface area contributed by atoms with Crippen LogP contribution in [0, 0.1) is 0 Å². The van der Waals surface area contributed by atoms with E-state index in [4.69, 9.17) is 34.7 Å². The van der Waals surface area contributed by atoms with E-state index < -0.39 is 11.7 Å². The molecule has 43 heavy (non-hydrogen) atoms. The van der Waals surface area contributed by atoms with Gasteiger partial charge in [-0.05, 0) is 49.6 Å². The van der Waals surface area contributed by atoms with Crippen LogP contribution in [0.4, 0.5) is 17.3 Å². The van der Waals surface area contributed by atoms with Gasteiger partial charge in [-0.3, -0.25) is 4.79 Å². The van der Waals surface area contributed by atoms with Crippen LogP contribution in [0.1, 0.15) is 25.3 Å². The fourth-order valence-corrected chi connectivity index (χ4v) is 6.07. The third kappa shape index (κ3) is 6.51. The Balaban J connectivity index is 1.38. The summed E-state index contributed by atoms with van der Waals surface area (Å²) in [4.78, 5) is 38.5. The number of amides is 1. The first kappa shape index (κ1) is 30.5. The first-order valence-electron chi connectivity index (χ1n) is 13.3. The summed E-state index contributed by atoms with van der Waals surface area (Å²) in [6, 6.07) is 11.8. The van der Waals surface area contributed by atoms with E-state index in [0.29, 0.717) is 31.9 Å². The van der Waals surface area contributed by atoms with Gasteiger partial charge < -0.3 is 31.7 Å². The van der Waals surface area contributed by atoms with E-state index in [-0.39, 0.29) is 33.3 Å². The molecule has 2 aromatic carbocycles. The number of aliphatic hydroxyl groups is 1. The Labute approximate surface area is 263 Å². The van der Waals surface area contributed by atoms with Gasteiger partial charge in [-0.1, -0.05) is 53.2 Å². The van der Waals surface area contributed by atoms with Crippen molar-refractivity contribution >= 4 is 69.7 Å². The van der Waals surface area contributed by atoms with Gasteiger partial charge in [0.05, 0.1) is 16.9 Å².